The molecule has 0 aromatic carbocycles. The highest BCUT2D eigenvalue weighted by atomic mass is 19.3. The summed E-state index contributed by atoms with van der Waals surface area (Å²) < 4.78 is 23.8. The Balaban J connectivity index is 2.17. The molecule has 1 saturated heterocycles. The Morgan fingerprint density at radius 1 is 1.62 bits per heavy atom. The molecule has 76 valence electrons. The van der Waals surface area contributed by atoms with Crippen molar-refractivity contribution in [2.45, 2.75) is 31.7 Å². The summed E-state index contributed by atoms with van der Waals surface area (Å²) in [7, 11) is 0. The van der Waals surface area contributed by atoms with Gasteiger partial charge < -0.3 is 5.11 Å². The van der Waals surface area contributed by atoms with Crippen molar-refractivity contribution >= 4 is 5.97 Å². The van der Waals surface area contributed by atoms with E-state index in [1.165, 1.54) is 0 Å². The fourth-order valence-electron chi connectivity index (χ4n) is 1.53. The third-order valence-corrected chi connectivity index (χ3v) is 2.33. The van der Waals surface area contributed by atoms with Gasteiger partial charge in [0.25, 0.3) is 6.43 Å². The largest absolute Gasteiger partial charge is 0.481 e. The van der Waals surface area contributed by atoms with E-state index in [0.29, 0.717) is 13.0 Å². The first-order chi connectivity index (χ1) is 6.09. The van der Waals surface area contributed by atoms with Crippen LogP contribution in [0.4, 0.5) is 8.78 Å². The predicted octanol–water partition coefficient (Wildman–Crippen LogP) is 1.19. The zero-order chi connectivity index (χ0) is 9.84. The maximum absolute atomic E-state index is 11.9. The molecule has 0 radical (unpaired) electrons. The summed E-state index contributed by atoms with van der Waals surface area (Å²) in [5, 5.41) is 8.38. The number of aliphatic carboxylic acids is 1. The minimum absolute atomic E-state index is 0.0603. The van der Waals surface area contributed by atoms with E-state index in [9.17, 15) is 13.6 Å². The van der Waals surface area contributed by atoms with Gasteiger partial charge in [0.05, 0.1) is 6.54 Å². The van der Waals surface area contributed by atoms with E-state index in [1.54, 1.807) is 4.90 Å². The highest BCUT2D eigenvalue weighted by molar-refractivity contribution is 5.66. The molecule has 1 atom stereocenters. The van der Waals surface area contributed by atoms with Gasteiger partial charge in [-0.25, -0.2) is 8.78 Å². The lowest BCUT2D eigenvalue weighted by atomic mass is 9.98. The summed E-state index contributed by atoms with van der Waals surface area (Å²) in [6.45, 7) is 0.457. The molecule has 3 nitrogen and oxygen atoms in total. The van der Waals surface area contributed by atoms with Crippen LogP contribution in [0.2, 0.25) is 0 Å². The monoisotopic (exact) mass is 193 g/mol. The van der Waals surface area contributed by atoms with E-state index in [4.69, 9.17) is 5.11 Å². The number of carboxylic acids is 1. The fourth-order valence-corrected chi connectivity index (χ4v) is 1.53. The van der Waals surface area contributed by atoms with Crippen LogP contribution in [0.3, 0.4) is 0 Å². The Bertz CT molecular complexity index is 187. The number of likely N-dealkylation sites (tertiary alicyclic amines) is 1. The van der Waals surface area contributed by atoms with Crippen LogP contribution in [0.25, 0.3) is 0 Å². The molecule has 0 aromatic rings. The van der Waals surface area contributed by atoms with Gasteiger partial charge in [-0.1, -0.05) is 0 Å². The van der Waals surface area contributed by atoms with Gasteiger partial charge in [-0.15, -0.1) is 0 Å². The lowest BCUT2D eigenvalue weighted by molar-refractivity contribution is -0.137. The van der Waals surface area contributed by atoms with Crippen molar-refractivity contribution < 1.29 is 18.7 Å². The van der Waals surface area contributed by atoms with E-state index in [-0.39, 0.29) is 19.0 Å². The average Bonchev–Trinajstić information content (AvgIpc) is 1.98. The van der Waals surface area contributed by atoms with Gasteiger partial charge in [0, 0.05) is 19.0 Å². The highest BCUT2D eigenvalue weighted by Crippen LogP contribution is 2.22. The van der Waals surface area contributed by atoms with Crippen molar-refractivity contribution in [2.24, 2.45) is 0 Å². The molecule has 1 rings (SSSR count). The molecular formula is C8H13F2NO2. The molecule has 0 aromatic heterocycles. The zero-order valence-electron chi connectivity index (χ0n) is 7.25. The van der Waals surface area contributed by atoms with Gasteiger partial charge in [0.1, 0.15) is 0 Å². The van der Waals surface area contributed by atoms with Gasteiger partial charge in [0.2, 0.25) is 0 Å². The number of halogens is 2. The first-order valence-corrected chi connectivity index (χ1v) is 4.33. The normalized spacial score (nSPS) is 23.2. The van der Waals surface area contributed by atoms with Gasteiger partial charge in [0.15, 0.2) is 0 Å². The number of alkyl halides is 2. The molecule has 0 saturated carbocycles. The van der Waals surface area contributed by atoms with Crippen LogP contribution in [0.5, 0.6) is 0 Å². The molecular weight excluding hydrogens is 180 g/mol. The minimum Gasteiger partial charge on any atom is -0.481 e. The van der Waals surface area contributed by atoms with Crippen molar-refractivity contribution in [3.8, 4) is 0 Å². The van der Waals surface area contributed by atoms with Crippen LogP contribution in [0.1, 0.15) is 19.3 Å². The smallest absolute Gasteiger partial charge is 0.303 e. The Morgan fingerprint density at radius 3 is 2.69 bits per heavy atom. The van der Waals surface area contributed by atoms with Crippen LogP contribution in [0.15, 0.2) is 0 Å². The molecule has 1 fully saturated rings. The van der Waals surface area contributed by atoms with Crippen molar-refractivity contribution in [1.82, 2.24) is 4.90 Å². The lowest BCUT2D eigenvalue weighted by Crippen LogP contribution is -2.49. The predicted molar refractivity (Wildman–Crippen MR) is 42.9 cm³/mol. The molecule has 1 heterocycles. The van der Waals surface area contributed by atoms with E-state index in [0.717, 1.165) is 6.42 Å². The first kappa shape index (κ1) is 10.4. The topological polar surface area (TPSA) is 40.5 Å². The van der Waals surface area contributed by atoms with Crippen molar-refractivity contribution in [3.05, 3.63) is 0 Å². The van der Waals surface area contributed by atoms with Crippen molar-refractivity contribution in [1.29, 1.82) is 0 Å². The minimum atomic E-state index is -2.31. The molecule has 13 heavy (non-hydrogen) atoms. The Hall–Kier alpha value is -0.710. The number of nitrogens with zero attached hydrogens (tertiary/aromatic N) is 1. The van der Waals surface area contributed by atoms with Crippen LogP contribution in [0, 0.1) is 0 Å². The Morgan fingerprint density at radius 2 is 2.31 bits per heavy atom. The van der Waals surface area contributed by atoms with Crippen LogP contribution >= 0.6 is 0 Å². The molecule has 0 amide bonds. The second-order valence-electron chi connectivity index (χ2n) is 3.26. The number of hydrogen-bond donors (Lipinski definition) is 1. The second kappa shape index (κ2) is 4.50. The first-order valence-electron chi connectivity index (χ1n) is 4.33. The molecule has 1 N–H and O–H groups in total. The number of carboxylic acid groups (broad SMARTS) is 1. The number of hydrogen-bond acceptors (Lipinski definition) is 2. The Kier molecular flexibility index (Phi) is 3.59. The SMILES string of the molecule is O=C(O)CCC1CCN1CC(F)F. The summed E-state index contributed by atoms with van der Waals surface area (Å²) in [4.78, 5) is 11.9. The summed E-state index contributed by atoms with van der Waals surface area (Å²) >= 11 is 0. The average molecular weight is 193 g/mol. The molecule has 0 bridgehead atoms. The summed E-state index contributed by atoms with van der Waals surface area (Å²) in [5.41, 5.74) is 0. The number of rotatable bonds is 5. The van der Waals surface area contributed by atoms with Crippen LogP contribution < -0.4 is 0 Å². The standard InChI is InChI=1S/C8H13F2NO2/c9-7(10)5-11-4-3-6(11)1-2-8(12)13/h6-7H,1-5H2,(H,12,13). The third-order valence-electron chi connectivity index (χ3n) is 2.33. The van der Waals surface area contributed by atoms with Gasteiger partial charge in [-0.3, -0.25) is 9.69 Å². The molecule has 1 unspecified atom stereocenters. The molecule has 1 aliphatic heterocycles. The van der Waals surface area contributed by atoms with Gasteiger partial charge >= 0.3 is 5.97 Å². The lowest BCUT2D eigenvalue weighted by Gasteiger charge is -2.40. The second-order valence-corrected chi connectivity index (χ2v) is 3.26. The van der Waals surface area contributed by atoms with Gasteiger partial charge in [-0.05, 0) is 12.8 Å². The highest BCUT2D eigenvalue weighted by Gasteiger charge is 2.29. The summed E-state index contributed by atoms with van der Waals surface area (Å²) in [5.74, 6) is -0.858. The van der Waals surface area contributed by atoms with E-state index in [2.05, 4.69) is 0 Å². The quantitative estimate of drug-likeness (QED) is 0.713. The Labute approximate surface area is 75.3 Å². The van der Waals surface area contributed by atoms with E-state index >= 15 is 0 Å². The molecule has 5 heteroatoms. The summed E-state index contributed by atoms with van der Waals surface area (Å²) in [6.07, 6.45) is -0.903. The van der Waals surface area contributed by atoms with Crippen LogP contribution in [-0.2, 0) is 4.79 Å². The summed E-state index contributed by atoms with van der Waals surface area (Å²) in [6, 6.07) is 0.0603. The maximum Gasteiger partial charge on any atom is 0.303 e. The van der Waals surface area contributed by atoms with E-state index in [1.807, 2.05) is 0 Å². The maximum atomic E-state index is 11.9. The van der Waals surface area contributed by atoms with Crippen molar-refractivity contribution in [3.63, 3.8) is 0 Å². The molecule has 0 aliphatic carbocycles. The number of carbonyl (C=O) groups is 1. The third kappa shape index (κ3) is 3.26. The van der Waals surface area contributed by atoms with Crippen LogP contribution in [-0.4, -0.2) is 41.5 Å². The molecule has 0 spiro atoms. The fraction of sp³-hybridized carbons (Fsp3) is 0.875. The molecule has 1 aliphatic rings. The van der Waals surface area contributed by atoms with E-state index < -0.39 is 12.4 Å². The van der Waals surface area contributed by atoms with Crippen molar-refractivity contribution in [2.75, 3.05) is 13.1 Å². The zero-order valence-corrected chi connectivity index (χ0v) is 7.25. The van der Waals surface area contributed by atoms with Gasteiger partial charge in [-0.2, -0.15) is 0 Å².